The standard InChI is InChI=1S/C10H10BrFN2O4/c1-5(10(15)18-2)13-8-4-7(12)6(11)3-9(8)14(16)17/h3-5,13H,1-2H3. The third-order valence-electron chi connectivity index (χ3n) is 2.16. The molecule has 0 spiro atoms. The molecule has 1 rings (SSSR count). The van der Waals surface area contributed by atoms with Crippen LogP contribution in [0, 0.1) is 15.9 Å². The molecule has 98 valence electrons. The molecule has 1 aromatic rings. The highest BCUT2D eigenvalue weighted by molar-refractivity contribution is 9.10. The molecule has 0 saturated carbocycles. The number of nitrogens with zero attached hydrogens (tertiary/aromatic N) is 1. The molecule has 1 aromatic carbocycles. The number of methoxy groups -OCH3 is 1. The van der Waals surface area contributed by atoms with Gasteiger partial charge in [-0.25, -0.2) is 9.18 Å². The van der Waals surface area contributed by atoms with E-state index >= 15 is 0 Å². The van der Waals surface area contributed by atoms with Crippen LogP contribution in [0.25, 0.3) is 0 Å². The van der Waals surface area contributed by atoms with E-state index in [1.807, 2.05) is 0 Å². The van der Waals surface area contributed by atoms with Gasteiger partial charge < -0.3 is 10.1 Å². The number of ether oxygens (including phenoxy) is 1. The summed E-state index contributed by atoms with van der Waals surface area (Å²) >= 11 is 2.86. The number of hydrogen-bond acceptors (Lipinski definition) is 5. The van der Waals surface area contributed by atoms with Gasteiger partial charge in [0.25, 0.3) is 5.69 Å². The summed E-state index contributed by atoms with van der Waals surface area (Å²) in [6, 6.07) is 1.15. The topological polar surface area (TPSA) is 81.5 Å². The molecule has 0 saturated heterocycles. The third kappa shape index (κ3) is 3.16. The van der Waals surface area contributed by atoms with Gasteiger partial charge in [-0.05, 0) is 22.9 Å². The van der Waals surface area contributed by atoms with Gasteiger partial charge in [0.05, 0.1) is 16.5 Å². The van der Waals surface area contributed by atoms with E-state index in [1.54, 1.807) is 0 Å². The average molecular weight is 321 g/mol. The predicted molar refractivity (Wildman–Crippen MR) is 65.9 cm³/mol. The number of esters is 1. The highest BCUT2D eigenvalue weighted by Gasteiger charge is 2.21. The maximum Gasteiger partial charge on any atom is 0.327 e. The first kappa shape index (κ1) is 14.4. The van der Waals surface area contributed by atoms with Crippen LogP contribution >= 0.6 is 15.9 Å². The van der Waals surface area contributed by atoms with E-state index in [9.17, 15) is 19.3 Å². The van der Waals surface area contributed by atoms with E-state index in [1.165, 1.54) is 14.0 Å². The smallest absolute Gasteiger partial charge is 0.327 e. The first-order chi connectivity index (χ1) is 8.36. The lowest BCUT2D eigenvalue weighted by Gasteiger charge is -2.13. The Kier molecular flexibility index (Phi) is 4.60. The van der Waals surface area contributed by atoms with Crippen LogP contribution in [-0.2, 0) is 9.53 Å². The first-order valence-corrected chi connectivity index (χ1v) is 5.64. The van der Waals surface area contributed by atoms with Crippen molar-refractivity contribution in [2.75, 3.05) is 12.4 Å². The summed E-state index contributed by atoms with van der Waals surface area (Å²) in [6.07, 6.45) is 0. The van der Waals surface area contributed by atoms with Gasteiger partial charge in [-0.2, -0.15) is 0 Å². The lowest BCUT2D eigenvalue weighted by Crippen LogP contribution is -2.27. The van der Waals surface area contributed by atoms with Crippen molar-refractivity contribution >= 4 is 33.3 Å². The first-order valence-electron chi connectivity index (χ1n) is 4.84. The zero-order valence-corrected chi connectivity index (χ0v) is 11.2. The fourth-order valence-electron chi connectivity index (χ4n) is 1.27. The molecule has 1 unspecified atom stereocenters. The molecule has 1 N–H and O–H groups in total. The van der Waals surface area contributed by atoms with Gasteiger partial charge in [-0.15, -0.1) is 0 Å². The van der Waals surface area contributed by atoms with Crippen LogP contribution in [0.4, 0.5) is 15.8 Å². The number of nitro groups is 1. The molecule has 0 heterocycles. The molecule has 0 radical (unpaired) electrons. The Morgan fingerprint density at radius 3 is 2.72 bits per heavy atom. The molecular weight excluding hydrogens is 311 g/mol. The maximum absolute atomic E-state index is 13.3. The second kappa shape index (κ2) is 5.76. The average Bonchev–Trinajstić information content (AvgIpc) is 2.31. The Labute approximate surface area is 110 Å². The van der Waals surface area contributed by atoms with Crippen LogP contribution in [-0.4, -0.2) is 24.0 Å². The van der Waals surface area contributed by atoms with Crippen molar-refractivity contribution in [2.24, 2.45) is 0 Å². The Morgan fingerprint density at radius 1 is 1.61 bits per heavy atom. The summed E-state index contributed by atoms with van der Waals surface area (Å²) in [5.74, 6) is -1.27. The van der Waals surface area contributed by atoms with E-state index in [0.717, 1.165) is 12.1 Å². The lowest BCUT2D eigenvalue weighted by molar-refractivity contribution is -0.384. The molecule has 8 heteroatoms. The Bertz CT molecular complexity index is 495. The van der Waals surface area contributed by atoms with E-state index < -0.39 is 22.8 Å². The van der Waals surface area contributed by atoms with Crippen molar-refractivity contribution in [2.45, 2.75) is 13.0 Å². The number of rotatable bonds is 4. The van der Waals surface area contributed by atoms with Gasteiger partial charge >= 0.3 is 5.97 Å². The van der Waals surface area contributed by atoms with E-state index in [0.29, 0.717) is 0 Å². The number of carbonyl (C=O) groups is 1. The quantitative estimate of drug-likeness (QED) is 0.523. The van der Waals surface area contributed by atoms with Crippen molar-refractivity contribution in [1.29, 1.82) is 0 Å². The number of halogens is 2. The molecule has 18 heavy (non-hydrogen) atoms. The fraction of sp³-hybridized carbons (Fsp3) is 0.300. The number of nitrogens with one attached hydrogen (secondary N) is 1. The van der Waals surface area contributed by atoms with Crippen LogP contribution < -0.4 is 5.32 Å². The zero-order chi connectivity index (χ0) is 13.9. The van der Waals surface area contributed by atoms with Crippen LogP contribution in [0.2, 0.25) is 0 Å². The minimum atomic E-state index is -0.825. The van der Waals surface area contributed by atoms with Crippen molar-refractivity contribution in [3.63, 3.8) is 0 Å². The summed E-state index contributed by atoms with van der Waals surface area (Å²) in [7, 11) is 1.19. The number of carbonyl (C=O) groups excluding carboxylic acids is 1. The van der Waals surface area contributed by atoms with Crippen molar-refractivity contribution in [3.05, 3.63) is 32.5 Å². The van der Waals surface area contributed by atoms with Crippen molar-refractivity contribution in [1.82, 2.24) is 0 Å². The maximum atomic E-state index is 13.3. The fourth-order valence-corrected chi connectivity index (χ4v) is 1.60. The van der Waals surface area contributed by atoms with Gasteiger partial charge in [0, 0.05) is 12.1 Å². The van der Waals surface area contributed by atoms with E-state index in [4.69, 9.17) is 0 Å². The molecule has 6 nitrogen and oxygen atoms in total. The van der Waals surface area contributed by atoms with Gasteiger partial charge in [-0.3, -0.25) is 10.1 Å². The monoisotopic (exact) mass is 320 g/mol. The largest absolute Gasteiger partial charge is 0.467 e. The molecule has 0 fully saturated rings. The minimum Gasteiger partial charge on any atom is -0.467 e. The van der Waals surface area contributed by atoms with Gasteiger partial charge in [0.15, 0.2) is 0 Å². The number of benzene rings is 1. The van der Waals surface area contributed by atoms with Crippen molar-refractivity contribution < 1.29 is 18.8 Å². The van der Waals surface area contributed by atoms with E-state index in [2.05, 4.69) is 26.0 Å². The highest BCUT2D eigenvalue weighted by Crippen LogP contribution is 2.31. The van der Waals surface area contributed by atoms with E-state index in [-0.39, 0.29) is 15.8 Å². The van der Waals surface area contributed by atoms with Crippen LogP contribution in [0.3, 0.4) is 0 Å². The normalized spacial score (nSPS) is 11.8. The lowest BCUT2D eigenvalue weighted by atomic mass is 10.2. The Hall–Kier alpha value is -1.70. The number of hydrogen-bond donors (Lipinski definition) is 1. The molecule has 1 atom stereocenters. The number of anilines is 1. The minimum absolute atomic E-state index is 0.0227. The molecule has 0 amide bonds. The summed E-state index contributed by atoms with van der Waals surface area (Å²) in [6.45, 7) is 1.45. The van der Waals surface area contributed by atoms with Crippen LogP contribution in [0.1, 0.15) is 6.92 Å². The molecule has 0 bridgehead atoms. The summed E-state index contributed by atoms with van der Waals surface area (Å²) in [5, 5.41) is 13.3. The van der Waals surface area contributed by atoms with Gasteiger partial charge in [-0.1, -0.05) is 0 Å². The van der Waals surface area contributed by atoms with Gasteiger partial charge in [0.1, 0.15) is 17.5 Å². The van der Waals surface area contributed by atoms with Gasteiger partial charge in [0.2, 0.25) is 0 Å². The highest BCUT2D eigenvalue weighted by atomic mass is 79.9. The number of nitro benzene ring substituents is 1. The second-order valence-corrected chi connectivity index (χ2v) is 4.28. The Morgan fingerprint density at radius 2 is 2.22 bits per heavy atom. The zero-order valence-electron chi connectivity index (χ0n) is 9.57. The SMILES string of the molecule is COC(=O)C(C)Nc1cc(F)c(Br)cc1[N+](=O)[O-]. The molecular formula is C10H10BrFN2O4. The molecule has 0 aliphatic carbocycles. The van der Waals surface area contributed by atoms with Crippen LogP contribution in [0.5, 0.6) is 0 Å². The summed E-state index contributed by atoms with van der Waals surface area (Å²) in [5.41, 5.74) is -0.419. The second-order valence-electron chi connectivity index (χ2n) is 3.43. The molecule has 0 aliphatic heterocycles. The summed E-state index contributed by atoms with van der Waals surface area (Å²) in [4.78, 5) is 21.3. The molecule has 0 aliphatic rings. The van der Waals surface area contributed by atoms with Crippen molar-refractivity contribution in [3.8, 4) is 0 Å². The summed E-state index contributed by atoms with van der Waals surface area (Å²) < 4.78 is 17.8. The third-order valence-corrected chi connectivity index (χ3v) is 2.77. The molecule has 0 aromatic heterocycles. The Balaban J connectivity index is 3.11. The van der Waals surface area contributed by atoms with Crippen LogP contribution in [0.15, 0.2) is 16.6 Å². The predicted octanol–water partition coefficient (Wildman–Crippen LogP) is 2.47.